The molecule has 8 heteroatoms. The van der Waals surface area contributed by atoms with E-state index in [0.717, 1.165) is 6.07 Å². The van der Waals surface area contributed by atoms with Gasteiger partial charge in [-0.15, -0.1) is 0 Å². The molecule has 0 spiro atoms. The fraction of sp³-hybridized carbons (Fsp3) is 0.154. The Hall–Kier alpha value is -2.51. The van der Waals surface area contributed by atoms with Crippen molar-refractivity contribution in [3.05, 3.63) is 53.2 Å². The first-order chi connectivity index (χ1) is 9.77. The van der Waals surface area contributed by atoms with Gasteiger partial charge >= 0.3 is 12.1 Å². The molecule has 21 heavy (non-hydrogen) atoms. The summed E-state index contributed by atoms with van der Waals surface area (Å²) >= 11 is 0. The molecule has 112 valence electrons. The molecule has 1 aromatic heterocycles. The highest BCUT2D eigenvalue weighted by molar-refractivity contribution is 5.84. The molecule has 0 saturated heterocycles. The Morgan fingerprint density at radius 3 is 2.52 bits per heavy atom. The second kappa shape index (κ2) is 5.47. The van der Waals surface area contributed by atoms with Crippen molar-refractivity contribution in [1.82, 2.24) is 0 Å². The molecule has 0 atom stereocenters. The zero-order valence-corrected chi connectivity index (χ0v) is 10.4. The van der Waals surface area contributed by atoms with Gasteiger partial charge in [0.1, 0.15) is 11.6 Å². The topological polar surface area (TPSA) is 62.5 Å². The van der Waals surface area contributed by atoms with Gasteiger partial charge in [-0.05, 0) is 30.3 Å². The summed E-state index contributed by atoms with van der Waals surface area (Å²) in [4.78, 5) is 10.6. The zero-order chi connectivity index (χ0) is 15.6. The number of hydrogen-bond donors (Lipinski definition) is 2. The van der Waals surface area contributed by atoms with Crippen molar-refractivity contribution >= 4 is 11.7 Å². The van der Waals surface area contributed by atoms with E-state index in [1.807, 2.05) is 0 Å². The molecular weight excluding hydrogens is 294 g/mol. The van der Waals surface area contributed by atoms with E-state index in [1.54, 1.807) is 0 Å². The minimum atomic E-state index is -4.79. The van der Waals surface area contributed by atoms with Gasteiger partial charge in [0, 0.05) is 5.69 Å². The summed E-state index contributed by atoms with van der Waals surface area (Å²) in [6, 6.07) is 5.09. The molecule has 0 unspecified atom stereocenters. The van der Waals surface area contributed by atoms with E-state index in [2.05, 4.69) is 5.32 Å². The Morgan fingerprint density at radius 2 is 1.95 bits per heavy atom. The van der Waals surface area contributed by atoms with Crippen LogP contribution in [0.25, 0.3) is 0 Å². The van der Waals surface area contributed by atoms with Gasteiger partial charge in [0.25, 0.3) is 0 Å². The van der Waals surface area contributed by atoms with E-state index >= 15 is 0 Å². The number of furan rings is 1. The molecule has 2 rings (SSSR count). The molecule has 4 nitrogen and oxygen atoms in total. The molecule has 0 amide bonds. The highest BCUT2D eigenvalue weighted by Gasteiger charge is 2.34. The molecule has 0 fully saturated rings. The first-order valence-corrected chi connectivity index (χ1v) is 5.70. The van der Waals surface area contributed by atoms with Gasteiger partial charge in [-0.25, -0.2) is 9.18 Å². The molecule has 0 bridgehead atoms. The van der Waals surface area contributed by atoms with Crippen molar-refractivity contribution in [2.75, 3.05) is 5.32 Å². The monoisotopic (exact) mass is 303 g/mol. The minimum absolute atomic E-state index is 0.0315. The summed E-state index contributed by atoms with van der Waals surface area (Å²) in [6.07, 6.45) is -4.79. The van der Waals surface area contributed by atoms with Crippen LogP contribution < -0.4 is 5.32 Å². The maximum Gasteiger partial charge on any atom is 0.419 e. The number of hydrogen-bond acceptors (Lipinski definition) is 3. The molecule has 1 aromatic carbocycles. The third-order valence-corrected chi connectivity index (χ3v) is 2.61. The molecule has 0 aliphatic rings. The van der Waals surface area contributed by atoms with Crippen LogP contribution >= 0.6 is 0 Å². The number of halogens is 4. The summed E-state index contributed by atoms with van der Waals surface area (Å²) in [5, 5.41) is 11.3. The highest BCUT2D eigenvalue weighted by atomic mass is 19.4. The first-order valence-electron chi connectivity index (χ1n) is 5.70. The van der Waals surface area contributed by atoms with Crippen molar-refractivity contribution in [2.45, 2.75) is 12.7 Å². The SMILES string of the molecule is O=C(O)c1ccc(CNc2ccc(F)c(C(F)(F)F)c2)o1. The van der Waals surface area contributed by atoms with E-state index in [4.69, 9.17) is 9.52 Å². The Bertz CT molecular complexity index is 664. The van der Waals surface area contributed by atoms with E-state index in [9.17, 15) is 22.4 Å². The van der Waals surface area contributed by atoms with Crippen LogP contribution in [0.4, 0.5) is 23.2 Å². The fourth-order valence-electron chi connectivity index (χ4n) is 1.63. The van der Waals surface area contributed by atoms with Gasteiger partial charge in [-0.2, -0.15) is 13.2 Å². The van der Waals surface area contributed by atoms with Crippen LogP contribution in [0.15, 0.2) is 34.7 Å². The second-order valence-corrected chi connectivity index (χ2v) is 4.12. The predicted molar refractivity (Wildman–Crippen MR) is 64.4 cm³/mol. The molecular formula is C13H9F4NO3. The van der Waals surface area contributed by atoms with Gasteiger partial charge in [-0.1, -0.05) is 0 Å². The Balaban J connectivity index is 2.11. The Morgan fingerprint density at radius 1 is 1.24 bits per heavy atom. The smallest absolute Gasteiger partial charge is 0.419 e. The number of rotatable bonds is 4. The number of aromatic carboxylic acids is 1. The number of carboxylic acids is 1. The lowest BCUT2D eigenvalue weighted by molar-refractivity contribution is -0.139. The van der Waals surface area contributed by atoms with Crippen molar-refractivity contribution in [1.29, 1.82) is 0 Å². The molecule has 2 N–H and O–H groups in total. The van der Waals surface area contributed by atoms with E-state index in [-0.39, 0.29) is 23.8 Å². The Labute approximate surface area is 116 Å². The first kappa shape index (κ1) is 14.9. The van der Waals surface area contributed by atoms with Crippen LogP contribution in [-0.2, 0) is 12.7 Å². The molecule has 1 heterocycles. The summed E-state index contributed by atoms with van der Waals surface area (Å²) in [6.45, 7) is -0.0315. The molecule has 0 aliphatic heterocycles. The number of benzene rings is 1. The van der Waals surface area contributed by atoms with Crippen LogP contribution in [0, 0.1) is 5.82 Å². The number of anilines is 1. The lowest BCUT2D eigenvalue weighted by Crippen LogP contribution is -2.09. The zero-order valence-electron chi connectivity index (χ0n) is 10.4. The van der Waals surface area contributed by atoms with Crippen LogP contribution in [0.3, 0.4) is 0 Å². The van der Waals surface area contributed by atoms with Crippen LogP contribution in [0.1, 0.15) is 21.9 Å². The number of alkyl halides is 3. The predicted octanol–water partition coefficient (Wildman–Crippen LogP) is 3.75. The average molecular weight is 303 g/mol. The fourth-order valence-corrected chi connectivity index (χ4v) is 1.63. The highest BCUT2D eigenvalue weighted by Crippen LogP contribution is 2.33. The van der Waals surface area contributed by atoms with Crippen molar-refractivity contribution < 1.29 is 31.9 Å². The van der Waals surface area contributed by atoms with Gasteiger partial charge in [-0.3, -0.25) is 0 Å². The van der Waals surface area contributed by atoms with Crippen molar-refractivity contribution in [3.8, 4) is 0 Å². The lowest BCUT2D eigenvalue weighted by Gasteiger charge is -2.11. The normalized spacial score (nSPS) is 11.4. The van der Waals surface area contributed by atoms with Crippen LogP contribution in [0.2, 0.25) is 0 Å². The molecule has 0 saturated carbocycles. The van der Waals surface area contributed by atoms with E-state index in [0.29, 0.717) is 12.1 Å². The lowest BCUT2D eigenvalue weighted by atomic mass is 10.2. The molecule has 2 aromatic rings. The van der Waals surface area contributed by atoms with Gasteiger partial charge < -0.3 is 14.8 Å². The third kappa shape index (κ3) is 3.53. The largest absolute Gasteiger partial charge is 0.475 e. The number of carbonyl (C=O) groups is 1. The van der Waals surface area contributed by atoms with Crippen LogP contribution in [0.5, 0.6) is 0 Å². The molecule has 0 aliphatic carbocycles. The number of carboxylic acid groups (broad SMARTS) is 1. The van der Waals surface area contributed by atoms with Crippen molar-refractivity contribution in [2.24, 2.45) is 0 Å². The maximum atomic E-state index is 13.1. The van der Waals surface area contributed by atoms with E-state index < -0.39 is 23.5 Å². The third-order valence-electron chi connectivity index (χ3n) is 2.61. The summed E-state index contributed by atoms with van der Waals surface area (Å²) in [7, 11) is 0. The summed E-state index contributed by atoms with van der Waals surface area (Å²) < 4.78 is 55.6. The van der Waals surface area contributed by atoms with Gasteiger partial charge in [0.15, 0.2) is 0 Å². The quantitative estimate of drug-likeness (QED) is 0.844. The summed E-state index contributed by atoms with van der Waals surface area (Å²) in [5.74, 6) is -2.66. The molecule has 0 radical (unpaired) electrons. The Kier molecular flexibility index (Phi) is 3.88. The number of nitrogens with one attached hydrogen (secondary N) is 1. The summed E-state index contributed by atoms with van der Waals surface area (Å²) in [5.41, 5.74) is -1.34. The average Bonchev–Trinajstić information content (AvgIpc) is 2.85. The van der Waals surface area contributed by atoms with Crippen molar-refractivity contribution in [3.63, 3.8) is 0 Å². The maximum absolute atomic E-state index is 13.1. The standard InChI is InChI=1S/C13H9F4NO3/c14-10-3-1-7(5-9(10)13(15,16)17)18-6-8-2-4-11(21-8)12(19)20/h1-5,18H,6H2,(H,19,20). The van der Waals surface area contributed by atoms with Gasteiger partial charge in [0.2, 0.25) is 5.76 Å². The van der Waals surface area contributed by atoms with E-state index in [1.165, 1.54) is 12.1 Å². The second-order valence-electron chi connectivity index (χ2n) is 4.12. The van der Waals surface area contributed by atoms with Crippen LogP contribution in [-0.4, -0.2) is 11.1 Å². The van der Waals surface area contributed by atoms with Gasteiger partial charge in [0.05, 0.1) is 12.1 Å². The minimum Gasteiger partial charge on any atom is -0.475 e.